The molecule has 4 heteroatoms. The van der Waals surface area contributed by atoms with E-state index >= 15 is 0 Å². The summed E-state index contributed by atoms with van der Waals surface area (Å²) in [6.45, 7) is -2.76. The molecule has 2 atom stereocenters. The van der Waals surface area contributed by atoms with Crippen LogP contribution in [-0.4, -0.2) is 12.7 Å². The number of halogens is 2. The fourth-order valence-corrected chi connectivity index (χ4v) is 1.49. The second-order valence-corrected chi connectivity index (χ2v) is 3.45. The SMILES string of the molecule is N[C@H]1C[C@@H]1c1ccc(OC(F)F)cc1. The quantitative estimate of drug-likeness (QED) is 0.809. The van der Waals surface area contributed by atoms with Crippen LogP contribution in [0.3, 0.4) is 0 Å². The van der Waals surface area contributed by atoms with Crippen LogP contribution in [-0.2, 0) is 0 Å². The van der Waals surface area contributed by atoms with Crippen LogP contribution in [0.4, 0.5) is 8.78 Å². The molecular weight excluding hydrogens is 188 g/mol. The van der Waals surface area contributed by atoms with Gasteiger partial charge in [-0.05, 0) is 24.1 Å². The van der Waals surface area contributed by atoms with Crippen molar-refractivity contribution in [2.45, 2.75) is 25.0 Å². The number of ether oxygens (including phenoxy) is 1. The molecule has 2 rings (SSSR count). The fraction of sp³-hybridized carbons (Fsp3) is 0.400. The van der Waals surface area contributed by atoms with E-state index in [1.54, 1.807) is 24.3 Å². The zero-order valence-corrected chi connectivity index (χ0v) is 7.49. The van der Waals surface area contributed by atoms with Crippen molar-refractivity contribution in [2.75, 3.05) is 0 Å². The number of benzene rings is 1. The van der Waals surface area contributed by atoms with Gasteiger partial charge in [0.25, 0.3) is 0 Å². The highest BCUT2D eigenvalue weighted by atomic mass is 19.3. The molecule has 1 aromatic rings. The van der Waals surface area contributed by atoms with Gasteiger partial charge >= 0.3 is 6.61 Å². The Kier molecular flexibility index (Phi) is 2.37. The summed E-state index contributed by atoms with van der Waals surface area (Å²) in [7, 11) is 0. The molecule has 2 N–H and O–H groups in total. The molecule has 0 amide bonds. The Morgan fingerprint density at radius 3 is 2.29 bits per heavy atom. The Morgan fingerprint density at radius 2 is 1.86 bits per heavy atom. The first kappa shape index (κ1) is 9.40. The van der Waals surface area contributed by atoms with Crippen molar-refractivity contribution in [2.24, 2.45) is 5.73 Å². The van der Waals surface area contributed by atoms with E-state index in [1.165, 1.54) is 0 Å². The van der Waals surface area contributed by atoms with Crippen LogP contribution in [0.2, 0.25) is 0 Å². The topological polar surface area (TPSA) is 35.2 Å². The Bertz CT molecular complexity index is 312. The van der Waals surface area contributed by atoms with Gasteiger partial charge in [0.2, 0.25) is 0 Å². The Labute approximate surface area is 80.7 Å². The largest absolute Gasteiger partial charge is 0.435 e. The van der Waals surface area contributed by atoms with Gasteiger partial charge in [0.15, 0.2) is 0 Å². The van der Waals surface area contributed by atoms with Crippen LogP contribution in [0.15, 0.2) is 24.3 Å². The molecular formula is C10H11F2NO. The van der Waals surface area contributed by atoms with Crippen LogP contribution >= 0.6 is 0 Å². The zero-order valence-electron chi connectivity index (χ0n) is 7.49. The summed E-state index contributed by atoms with van der Waals surface area (Å²) in [4.78, 5) is 0. The minimum absolute atomic E-state index is 0.193. The van der Waals surface area contributed by atoms with E-state index in [1.807, 2.05) is 0 Å². The molecule has 0 spiro atoms. The van der Waals surface area contributed by atoms with Gasteiger partial charge in [0.1, 0.15) is 5.75 Å². The van der Waals surface area contributed by atoms with Crippen molar-refractivity contribution >= 4 is 0 Å². The van der Waals surface area contributed by atoms with Gasteiger partial charge in [-0.25, -0.2) is 0 Å². The van der Waals surface area contributed by atoms with Gasteiger partial charge in [-0.1, -0.05) is 12.1 Å². The van der Waals surface area contributed by atoms with Gasteiger partial charge in [0.05, 0.1) is 0 Å². The molecule has 0 aliphatic heterocycles. The fourth-order valence-electron chi connectivity index (χ4n) is 1.49. The third kappa shape index (κ3) is 2.01. The van der Waals surface area contributed by atoms with Crippen LogP contribution in [0.5, 0.6) is 5.75 Å². The van der Waals surface area contributed by atoms with Crippen molar-refractivity contribution in [3.05, 3.63) is 29.8 Å². The lowest BCUT2D eigenvalue weighted by Crippen LogP contribution is -2.02. The zero-order chi connectivity index (χ0) is 10.1. The summed E-state index contributed by atoms with van der Waals surface area (Å²) < 4.78 is 27.9. The standard InChI is InChI=1S/C10H11F2NO/c11-10(12)14-7-3-1-6(2-4-7)8-5-9(8)13/h1-4,8-10H,5,13H2/t8-,9+/m1/s1. The maximum atomic E-state index is 11.8. The monoisotopic (exact) mass is 199 g/mol. The van der Waals surface area contributed by atoms with E-state index in [0.29, 0.717) is 5.92 Å². The first-order valence-electron chi connectivity index (χ1n) is 4.47. The predicted molar refractivity (Wildman–Crippen MR) is 48.4 cm³/mol. The molecule has 2 nitrogen and oxygen atoms in total. The van der Waals surface area contributed by atoms with Gasteiger partial charge in [-0.2, -0.15) is 8.78 Å². The molecule has 1 saturated carbocycles. The third-order valence-electron chi connectivity index (χ3n) is 2.37. The van der Waals surface area contributed by atoms with Gasteiger partial charge < -0.3 is 10.5 Å². The summed E-state index contributed by atoms with van der Waals surface area (Å²) in [6.07, 6.45) is 0.981. The normalized spacial score (nSPS) is 25.1. The molecule has 1 aromatic carbocycles. The maximum Gasteiger partial charge on any atom is 0.387 e. The Hall–Kier alpha value is -1.16. The Morgan fingerprint density at radius 1 is 1.29 bits per heavy atom. The van der Waals surface area contributed by atoms with E-state index in [9.17, 15) is 8.78 Å². The highest BCUT2D eigenvalue weighted by Gasteiger charge is 2.34. The average molecular weight is 199 g/mol. The molecule has 0 unspecified atom stereocenters. The molecule has 0 radical (unpaired) electrons. The van der Waals surface area contributed by atoms with Crippen molar-refractivity contribution in [3.8, 4) is 5.75 Å². The molecule has 14 heavy (non-hydrogen) atoms. The van der Waals surface area contributed by atoms with Gasteiger partial charge in [-0.15, -0.1) is 0 Å². The predicted octanol–water partition coefficient (Wildman–Crippen LogP) is 2.10. The summed E-state index contributed by atoms with van der Waals surface area (Å²) in [5.74, 6) is 0.591. The second kappa shape index (κ2) is 3.53. The van der Waals surface area contributed by atoms with Gasteiger partial charge in [0, 0.05) is 12.0 Å². The molecule has 0 heterocycles. The minimum atomic E-state index is -2.76. The van der Waals surface area contributed by atoms with E-state index in [0.717, 1.165) is 12.0 Å². The molecule has 0 bridgehead atoms. The van der Waals surface area contributed by atoms with Crippen molar-refractivity contribution in [3.63, 3.8) is 0 Å². The smallest absolute Gasteiger partial charge is 0.387 e. The highest BCUT2D eigenvalue weighted by Crippen LogP contribution is 2.39. The molecule has 0 aromatic heterocycles. The summed E-state index contributed by atoms with van der Waals surface area (Å²) in [6, 6.07) is 6.90. The van der Waals surface area contributed by atoms with Crippen molar-refractivity contribution < 1.29 is 13.5 Å². The molecule has 1 aliphatic rings. The number of hydrogen-bond acceptors (Lipinski definition) is 2. The lowest BCUT2D eigenvalue weighted by atomic mass is 10.1. The lowest BCUT2D eigenvalue weighted by molar-refractivity contribution is -0.0498. The number of hydrogen-bond donors (Lipinski definition) is 1. The first-order valence-corrected chi connectivity index (χ1v) is 4.47. The van der Waals surface area contributed by atoms with E-state index in [-0.39, 0.29) is 11.8 Å². The van der Waals surface area contributed by atoms with Crippen molar-refractivity contribution in [1.29, 1.82) is 0 Å². The first-order chi connectivity index (χ1) is 6.66. The molecule has 76 valence electrons. The third-order valence-corrected chi connectivity index (χ3v) is 2.37. The van der Waals surface area contributed by atoms with Crippen LogP contribution < -0.4 is 10.5 Å². The minimum Gasteiger partial charge on any atom is -0.435 e. The summed E-state index contributed by atoms with van der Waals surface area (Å²) >= 11 is 0. The maximum absolute atomic E-state index is 11.8. The molecule has 0 saturated heterocycles. The van der Waals surface area contributed by atoms with E-state index in [2.05, 4.69) is 4.74 Å². The highest BCUT2D eigenvalue weighted by molar-refractivity contribution is 5.33. The van der Waals surface area contributed by atoms with Gasteiger partial charge in [-0.3, -0.25) is 0 Å². The number of alkyl halides is 2. The van der Waals surface area contributed by atoms with E-state index < -0.39 is 6.61 Å². The molecule has 1 aliphatic carbocycles. The average Bonchev–Trinajstić information content (AvgIpc) is 2.83. The molecule has 1 fully saturated rings. The van der Waals surface area contributed by atoms with E-state index in [4.69, 9.17) is 5.73 Å². The second-order valence-electron chi connectivity index (χ2n) is 3.45. The van der Waals surface area contributed by atoms with Crippen LogP contribution in [0.1, 0.15) is 17.9 Å². The number of nitrogens with two attached hydrogens (primary N) is 1. The Balaban J connectivity index is 2.03. The summed E-state index contributed by atoms with van der Waals surface area (Å²) in [5.41, 5.74) is 6.76. The number of rotatable bonds is 3. The summed E-state index contributed by atoms with van der Waals surface area (Å²) in [5, 5.41) is 0. The lowest BCUT2D eigenvalue weighted by Gasteiger charge is -2.04. The van der Waals surface area contributed by atoms with Crippen LogP contribution in [0, 0.1) is 0 Å². The van der Waals surface area contributed by atoms with Crippen LogP contribution in [0.25, 0.3) is 0 Å². The van der Waals surface area contributed by atoms with Crippen molar-refractivity contribution in [1.82, 2.24) is 0 Å².